The van der Waals surface area contributed by atoms with Crippen LogP contribution in [0.2, 0.25) is 0 Å². The van der Waals surface area contributed by atoms with Crippen LogP contribution in [0.3, 0.4) is 0 Å². The molecule has 0 bridgehead atoms. The van der Waals surface area contributed by atoms with Gasteiger partial charge >= 0.3 is 0 Å². The van der Waals surface area contributed by atoms with Crippen molar-refractivity contribution in [1.29, 1.82) is 0 Å². The molecule has 436 valence electrons. The van der Waals surface area contributed by atoms with E-state index < -0.39 is 41.4 Å². The van der Waals surface area contributed by atoms with Crippen LogP contribution in [0.1, 0.15) is 107 Å². The number of anilines is 1. The Morgan fingerprint density at radius 1 is 0.636 bits per heavy atom. The number of ether oxygens (including phenoxy) is 2. The van der Waals surface area contributed by atoms with Gasteiger partial charge in [0.1, 0.15) is 5.75 Å². The van der Waals surface area contributed by atoms with E-state index in [1.165, 1.54) is 14.2 Å². The molecule has 4 N–H and O–H groups in total. The van der Waals surface area contributed by atoms with Crippen LogP contribution < -0.4 is 20.6 Å². The number of hydroxylamine groups is 2. The largest absolute Gasteiger partial charge is 0.495 e. The van der Waals surface area contributed by atoms with E-state index in [1.807, 2.05) is 54.7 Å². The SMILES string of the molecule is CCCCc1ccc(C2CCN(S(=O)(=O)C3(C(=O)NO)CCN(CCOC)CC3)CC2)nc1.COc1ccccc1N1CCC(C2CCN(S(=O)(=O)C3(C(=O)NO)CCN(Cc4ccccc4)CC3)CC2)CC1.Cl.Cl.Cl.Cl. The first-order valence-electron chi connectivity index (χ1n) is 26.4. The third kappa shape index (κ3) is 15.9. The molecule has 8 rings (SSSR count). The minimum absolute atomic E-state index is 0. The number of nitrogens with zero attached hydrogens (tertiary/aromatic N) is 6. The Labute approximate surface area is 482 Å². The van der Waals surface area contributed by atoms with Crippen LogP contribution in [0, 0.1) is 11.8 Å². The number of carbonyl (C=O) groups is 2. The molecular weight excluding hydrogens is 1110 g/mol. The second-order valence-corrected chi connectivity index (χ2v) is 25.1. The highest BCUT2D eigenvalue weighted by molar-refractivity contribution is 7.91. The number of amides is 2. The van der Waals surface area contributed by atoms with E-state index in [9.17, 15) is 36.8 Å². The molecule has 18 nitrogen and oxygen atoms in total. The topological polar surface area (TPSA) is 214 Å². The van der Waals surface area contributed by atoms with Gasteiger partial charge in [-0.15, -0.1) is 49.6 Å². The third-order valence-electron chi connectivity index (χ3n) is 16.6. The average Bonchev–Trinajstić information content (AvgIpc) is 3.44. The van der Waals surface area contributed by atoms with Gasteiger partial charge < -0.3 is 19.3 Å². The summed E-state index contributed by atoms with van der Waals surface area (Å²) in [4.78, 5) is 36.9. The lowest BCUT2D eigenvalue weighted by Crippen LogP contribution is -2.62. The zero-order valence-corrected chi connectivity index (χ0v) is 49.7. The lowest BCUT2D eigenvalue weighted by atomic mass is 9.79. The number of aromatic nitrogens is 1. The molecule has 77 heavy (non-hydrogen) atoms. The van der Waals surface area contributed by atoms with Crippen LogP contribution in [-0.2, 0) is 47.3 Å². The van der Waals surface area contributed by atoms with Gasteiger partial charge in [0.2, 0.25) is 20.0 Å². The van der Waals surface area contributed by atoms with Crippen molar-refractivity contribution in [2.24, 2.45) is 11.8 Å². The molecule has 0 atom stereocenters. The molecule has 0 radical (unpaired) electrons. The minimum atomic E-state index is -3.95. The van der Waals surface area contributed by atoms with Gasteiger partial charge in [-0.1, -0.05) is 61.9 Å². The molecule has 2 amide bonds. The highest BCUT2D eigenvalue weighted by Crippen LogP contribution is 2.41. The Morgan fingerprint density at radius 2 is 1.13 bits per heavy atom. The molecule has 0 unspecified atom stereocenters. The van der Waals surface area contributed by atoms with E-state index in [1.54, 1.807) is 25.2 Å². The molecule has 2 aromatic carbocycles. The fourth-order valence-electron chi connectivity index (χ4n) is 11.9. The van der Waals surface area contributed by atoms with Crippen molar-refractivity contribution in [1.82, 2.24) is 34.4 Å². The predicted octanol–water partition coefficient (Wildman–Crippen LogP) is 7.10. The van der Waals surface area contributed by atoms with Gasteiger partial charge in [-0.3, -0.25) is 29.9 Å². The van der Waals surface area contributed by atoms with E-state index in [2.05, 4.69) is 44.8 Å². The molecule has 6 heterocycles. The Balaban J connectivity index is 0.000000392. The molecule has 5 aliphatic heterocycles. The first-order chi connectivity index (χ1) is 35.2. The predicted molar refractivity (Wildman–Crippen MR) is 309 cm³/mol. The Bertz CT molecular complexity index is 2450. The number of halogens is 4. The first-order valence-corrected chi connectivity index (χ1v) is 29.3. The van der Waals surface area contributed by atoms with Crippen molar-refractivity contribution in [3.63, 3.8) is 0 Å². The van der Waals surface area contributed by atoms with Crippen LogP contribution in [-0.4, -0.2) is 165 Å². The molecule has 5 saturated heterocycles. The van der Waals surface area contributed by atoms with Crippen LogP contribution in [0.4, 0.5) is 5.69 Å². The molecule has 5 aliphatic rings. The summed E-state index contributed by atoms with van der Waals surface area (Å²) in [6.07, 6.45) is 10.9. The number of sulfonamides is 2. The summed E-state index contributed by atoms with van der Waals surface area (Å²) in [6, 6.07) is 22.3. The van der Waals surface area contributed by atoms with Crippen LogP contribution >= 0.6 is 49.6 Å². The fraction of sp³-hybridized carbons (Fsp3) is 0.642. The quantitative estimate of drug-likeness (QED) is 0.0739. The summed E-state index contributed by atoms with van der Waals surface area (Å²) in [5.74, 6) is 0.493. The number of para-hydroxylation sites is 2. The maximum atomic E-state index is 14.0. The minimum Gasteiger partial charge on any atom is -0.495 e. The highest BCUT2D eigenvalue weighted by atomic mass is 35.5. The van der Waals surface area contributed by atoms with Crippen molar-refractivity contribution in [3.05, 3.63) is 89.7 Å². The van der Waals surface area contributed by atoms with E-state index in [0.717, 1.165) is 80.7 Å². The van der Waals surface area contributed by atoms with Gasteiger partial charge in [-0.2, -0.15) is 0 Å². The highest BCUT2D eigenvalue weighted by Gasteiger charge is 2.56. The number of hydrogen-bond acceptors (Lipinski definition) is 14. The number of piperidine rings is 5. The first kappa shape index (κ1) is 68.2. The number of unbranched alkanes of at least 4 members (excludes halogenated alkanes) is 1. The number of benzene rings is 2. The maximum Gasteiger partial charge on any atom is 0.266 e. The number of methoxy groups -OCH3 is 2. The van der Waals surface area contributed by atoms with Gasteiger partial charge in [0.15, 0.2) is 9.49 Å². The number of nitrogens with one attached hydrogen (secondary N) is 2. The Kier molecular flexibility index (Phi) is 28.1. The van der Waals surface area contributed by atoms with Gasteiger partial charge in [0, 0.05) is 103 Å². The van der Waals surface area contributed by atoms with Gasteiger partial charge in [0.25, 0.3) is 11.8 Å². The molecule has 0 aliphatic carbocycles. The monoisotopic (exact) mass is 1200 g/mol. The number of likely N-dealkylation sites (tertiary alicyclic amines) is 2. The van der Waals surface area contributed by atoms with Gasteiger partial charge in [-0.25, -0.2) is 36.4 Å². The number of carbonyl (C=O) groups excluding carboxylic acids is 2. The average molecular weight is 1200 g/mol. The van der Waals surface area contributed by atoms with Crippen LogP contribution in [0.5, 0.6) is 5.75 Å². The zero-order valence-electron chi connectivity index (χ0n) is 44.8. The molecule has 3 aromatic rings. The van der Waals surface area contributed by atoms with Crippen LogP contribution in [0.15, 0.2) is 72.9 Å². The summed E-state index contributed by atoms with van der Waals surface area (Å²) in [7, 11) is -4.56. The van der Waals surface area contributed by atoms with Crippen molar-refractivity contribution < 1.29 is 46.3 Å². The van der Waals surface area contributed by atoms with E-state index in [4.69, 9.17) is 9.47 Å². The van der Waals surface area contributed by atoms with E-state index in [0.29, 0.717) is 96.7 Å². The van der Waals surface area contributed by atoms with Crippen molar-refractivity contribution in [2.75, 3.05) is 97.7 Å². The maximum absolute atomic E-state index is 14.0. The molecule has 0 spiro atoms. The number of hydrogen-bond donors (Lipinski definition) is 4. The zero-order chi connectivity index (χ0) is 52.1. The van der Waals surface area contributed by atoms with E-state index >= 15 is 0 Å². The van der Waals surface area contributed by atoms with Gasteiger partial charge in [0.05, 0.1) is 19.4 Å². The van der Waals surface area contributed by atoms with Crippen molar-refractivity contribution >= 4 is 87.2 Å². The molecule has 24 heteroatoms. The third-order valence-corrected chi connectivity index (χ3v) is 21.8. The lowest BCUT2D eigenvalue weighted by Gasteiger charge is -2.45. The van der Waals surface area contributed by atoms with Gasteiger partial charge in [-0.05, 0) is 118 Å². The molecular formula is C53H84Cl4N8O10S2. The second-order valence-electron chi connectivity index (χ2n) is 20.6. The van der Waals surface area contributed by atoms with Crippen LogP contribution in [0.25, 0.3) is 0 Å². The summed E-state index contributed by atoms with van der Waals surface area (Å²) in [6.45, 7) is 9.44. The van der Waals surface area contributed by atoms with Crippen molar-refractivity contribution in [3.8, 4) is 5.75 Å². The fourth-order valence-corrected chi connectivity index (χ4v) is 16.2. The second kappa shape index (κ2) is 31.8. The number of aryl methyl sites for hydroxylation is 1. The Morgan fingerprint density at radius 3 is 1.61 bits per heavy atom. The summed E-state index contributed by atoms with van der Waals surface area (Å²) < 4.78 is 65.7. The van der Waals surface area contributed by atoms with E-state index in [-0.39, 0.29) is 81.2 Å². The summed E-state index contributed by atoms with van der Waals surface area (Å²) in [5.41, 5.74) is 7.85. The molecule has 0 saturated carbocycles. The molecule has 5 fully saturated rings. The summed E-state index contributed by atoms with van der Waals surface area (Å²) >= 11 is 0. The van der Waals surface area contributed by atoms with Crippen molar-refractivity contribution in [2.45, 2.75) is 112 Å². The molecule has 1 aromatic heterocycles. The number of pyridine rings is 1. The Hall–Kier alpha value is -3.09. The normalized spacial score (nSPS) is 20.1. The lowest BCUT2D eigenvalue weighted by molar-refractivity contribution is -0.134. The number of rotatable bonds is 18. The summed E-state index contributed by atoms with van der Waals surface area (Å²) in [5, 5.41) is 18.9. The smallest absolute Gasteiger partial charge is 0.266 e. The standard InChI is InChI=1S/C30H42N4O5S.C23H38N4O5S.4ClH/c1-39-28-10-6-5-9-27(28)33-17-11-25(12-18-33)26-13-19-34(20-14-26)40(37,38)30(29(35)31-36)15-21-32(22-16-30)23-24-7-3-2-4-8-24;1-3-4-5-19-6-7-21(24-18-19)20-8-12-27(13-9-20)33(30,31)23(22(28)25-29)10-14-26(15-11-23)16-17-32-2;;;;/h2-10,25-26,36H,11-23H2,1H3,(H,31,35);6-7,18,20,29H,3-5,8-17H2,1-2H3,(H,25,28);4*1H.